The summed E-state index contributed by atoms with van der Waals surface area (Å²) in [5, 5.41) is 8.85. The molecule has 0 saturated heterocycles. The number of hydrogen-bond acceptors (Lipinski definition) is 5. The van der Waals surface area contributed by atoms with Crippen molar-refractivity contribution < 1.29 is 14.7 Å². The molecule has 0 aromatic heterocycles. The Morgan fingerprint density at radius 2 is 1.80 bits per heavy atom. The highest BCUT2D eigenvalue weighted by Crippen LogP contribution is 2.21. The Balaban J connectivity index is 2.19. The molecule has 0 radical (unpaired) electrons. The first kappa shape index (κ1) is 18.4. The summed E-state index contributed by atoms with van der Waals surface area (Å²) in [6.45, 7) is 0. The van der Waals surface area contributed by atoms with Crippen LogP contribution >= 0.6 is 0 Å². The molecule has 0 amide bonds. The van der Waals surface area contributed by atoms with E-state index in [2.05, 4.69) is 4.99 Å². The molecule has 25 heavy (non-hydrogen) atoms. The van der Waals surface area contributed by atoms with E-state index in [9.17, 15) is 9.59 Å². The summed E-state index contributed by atoms with van der Waals surface area (Å²) in [4.78, 5) is 29.5. The molecular weight excluding hydrogens is 318 g/mol. The average Bonchev–Trinajstić information content (AvgIpc) is 2.60. The van der Waals surface area contributed by atoms with Gasteiger partial charge in [-0.25, -0.2) is 0 Å². The number of carbonyl (C=O) groups is 2. The van der Waals surface area contributed by atoms with Crippen LogP contribution in [-0.2, 0) is 4.79 Å². The molecule has 0 aliphatic carbocycles. The van der Waals surface area contributed by atoms with Gasteiger partial charge in [0.25, 0.3) is 0 Å². The zero-order chi connectivity index (χ0) is 18.4. The van der Waals surface area contributed by atoms with E-state index < -0.39 is 12.0 Å². The summed E-state index contributed by atoms with van der Waals surface area (Å²) in [6, 6.07) is 13.4. The number of benzene rings is 2. The molecule has 0 aliphatic rings. The van der Waals surface area contributed by atoms with Crippen molar-refractivity contribution in [3.05, 3.63) is 59.7 Å². The standard InChI is InChI=1S/C19H21N3O3/c1-22(2)14-9-7-13(8-10-14)12-21-17-6-4-3-5-15(17)18(23)11-16(20)19(24)25/h3-10,12,16H,11,20H2,1-2H3,(H,24,25). The first-order valence-electron chi connectivity index (χ1n) is 7.80. The van der Waals surface area contributed by atoms with E-state index in [1.807, 2.05) is 43.3 Å². The maximum Gasteiger partial charge on any atom is 0.320 e. The second-order valence-corrected chi connectivity index (χ2v) is 5.83. The molecule has 0 saturated carbocycles. The maximum atomic E-state index is 12.3. The summed E-state index contributed by atoms with van der Waals surface area (Å²) in [5.74, 6) is -1.54. The molecule has 0 bridgehead atoms. The summed E-state index contributed by atoms with van der Waals surface area (Å²) in [5.41, 5.74) is 8.27. The average molecular weight is 339 g/mol. The minimum atomic E-state index is -1.22. The Morgan fingerprint density at radius 1 is 1.16 bits per heavy atom. The first-order chi connectivity index (χ1) is 11.9. The van der Waals surface area contributed by atoms with E-state index >= 15 is 0 Å². The summed E-state index contributed by atoms with van der Waals surface area (Å²) in [7, 11) is 3.93. The van der Waals surface area contributed by atoms with Crippen LogP contribution in [0.25, 0.3) is 0 Å². The van der Waals surface area contributed by atoms with Crippen LogP contribution in [0.2, 0.25) is 0 Å². The zero-order valence-corrected chi connectivity index (χ0v) is 14.2. The van der Waals surface area contributed by atoms with Gasteiger partial charge in [0.05, 0.1) is 5.69 Å². The van der Waals surface area contributed by atoms with E-state index in [-0.39, 0.29) is 12.2 Å². The summed E-state index contributed by atoms with van der Waals surface area (Å²) in [6.07, 6.45) is 1.40. The van der Waals surface area contributed by atoms with Gasteiger partial charge in [0, 0.05) is 38.0 Å². The van der Waals surface area contributed by atoms with Gasteiger partial charge in [-0.2, -0.15) is 0 Å². The van der Waals surface area contributed by atoms with Crippen molar-refractivity contribution >= 4 is 29.3 Å². The van der Waals surface area contributed by atoms with Crippen LogP contribution in [0.3, 0.4) is 0 Å². The Bertz CT molecular complexity index is 783. The number of rotatable bonds is 7. The van der Waals surface area contributed by atoms with E-state index in [0.717, 1.165) is 11.3 Å². The normalized spacial score (nSPS) is 12.1. The molecule has 130 valence electrons. The lowest BCUT2D eigenvalue weighted by Gasteiger charge is -2.11. The number of Topliss-reactive ketones (excluding diaryl/α,β-unsaturated/α-hetero) is 1. The fourth-order valence-electron chi connectivity index (χ4n) is 2.22. The van der Waals surface area contributed by atoms with Crippen molar-refractivity contribution in [1.29, 1.82) is 0 Å². The maximum absolute atomic E-state index is 12.3. The quantitative estimate of drug-likeness (QED) is 0.597. The number of nitrogens with zero attached hydrogens (tertiary/aromatic N) is 2. The van der Waals surface area contributed by atoms with Crippen molar-refractivity contribution in [2.45, 2.75) is 12.5 Å². The molecule has 1 unspecified atom stereocenters. The van der Waals surface area contributed by atoms with Gasteiger partial charge in [0.15, 0.2) is 5.78 Å². The number of carboxylic acid groups (broad SMARTS) is 1. The highest BCUT2D eigenvalue weighted by Gasteiger charge is 2.19. The number of carbonyl (C=O) groups excluding carboxylic acids is 1. The molecule has 0 fully saturated rings. The van der Waals surface area contributed by atoms with E-state index in [4.69, 9.17) is 10.8 Å². The van der Waals surface area contributed by atoms with Crippen LogP contribution in [-0.4, -0.2) is 43.2 Å². The third-order valence-electron chi connectivity index (χ3n) is 3.69. The van der Waals surface area contributed by atoms with Crippen LogP contribution < -0.4 is 10.6 Å². The SMILES string of the molecule is CN(C)c1ccc(C=Nc2ccccc2C(=O)CC(N)C(=O)O)cc1. The van der Waals surface area contributed by atoms with E-state index in [0.29, 0.717) is 11.3 Å². The van der Waals surface area contributed by atoms with Crippen molar-refractivity contribution in [3.63, 3.8) is 0 Å². The van der Waals surface area contributed by atoms with Crippen LogP contribution in [0.15, 0.2) is 53.5 Å². The molecule has 2 aromatic rings. The van der Waals surface area contributed by atoms with E-state index in [1.165, 1.54) is 0 Å². The highest BCUT2D eigenvalue weighted by molar-refractivity contribution is 6.03. The molecule has 3 N–H and O–H groups in total. The Morgan fingerprint density at radius 3 is 2.40 bits per heavy atom. The van der Waals surface area contributed by atoms with Gasteiger partial charge >= 0.3 is 5.97 Å². The van der Waals surface area contributed by atoms with Crippen LogP contribution in [0, 0.1) is 0 Å². The predicted octanol–water partition coefficient (Wildman–Crippen LogP) is 2.49. The summed E-state index contributed by atoms with van der Waals surface area (Å²) < 4.78 is 0. The largest absolute Gasteiger partial charge is 0.480 e. The fraction of sp³-hybridized carbons (Fsp3) is 0.211. The third-order valence-corrected chi connectivity index (χ3v) is 3.69. The summed E-state index contributed by atoms with van der Waals surface area (Å²) >= 11 is 0. The third kappa shape index (κ3) is 4.99. The van der Waals surface area contributed by atoms with Crippen molar-refractivity contribution in [2.24, 2.45) is 10.7 Å². The van der Waals surface area contributed by atoms with Crippen molar-refractivity contribution in [2.75, 3.05) is 19.0 Å². The monoisotopic (exact) mass is 339 g/mol. The smallest absolute Gasteiger partial charge is 0.320 e. The van der Waals surface area contributed by atoms with E-state index in [1.54, 1.807) is 30.5 Å². The van der Waals surface area contributed by atoms with Gasteiger partial charge in [-0.15, -0.1) is 0 Å². The molecule has 0 aliphatic heterocycles. The number of para-hydroxylation sites is 1. The topological polar surface area (TPSA) is 96.0 Å². The van der Waals surface area contributed by atoms with Crippen LogP contribution in [0.4, 0.5) is 11.4 Å². The molecule has 6 heteroatoms. The molecule has 6 nitrogen and oxygen atoms in total. The Kier molecular flexibility index (Phi) is 6.03. The Labute approximate surface area is 146 Å². The minimum absolute atomic E-state index is 0.264. The molecule has 2 aromatic carbocycles. The number of aliphatic carboxylic acids is 1. The molecular formula is C19H21N3O3. The lowest BCUT2D eigenvalue weighted by Crippen LogP contribution is -2.32. The zero-order valence-electron chi connectivity index (χ0n) is 14.2. The van der Waals surface area contributed by atoms with Gasteiger partial charge < -0.3 is 15.7 Å². The lowest BCUT2D eigenvalue weighted by molar-refractivity contribution is -0.138. The molecule has 0 spiro atoms. The van der Waals surface area contributed by atoms with Gasteiger partial charge in [-0.05, 0) is 29.8 Å². The van der Waals surface area contributed by atoms with Gasteiger partial charge in [-0.1, -0.05) is 24.3 Å². The van der Waals surface area contributed by atoms with Crippen LogP contribution in [0.1, 0.15) is 22.3 Å². The molecule has 1 atom stereocenters. The van der Waals surface area contributed by atoms with Gasteiger partial charge in [-0.3, -0.25) is 14.6 Å². The van der Waals surface area contributed by atoms with Gasteiger partial charge in [0.2, 0.25) is 0 Å². The number of aliphatic imine (C=N–C) groups is 1. The fourth-order valence-corrected chi connectivity index (χ4v) is 2.22. The minimum Gasteiger partial charge on any atom is -0.480 e. The number of hydrogen-bond donors (Lipinski definition) is 2. The number of ketones is 1. The van der Waals surface area contributed by atoms with Crippen LogP contribution in [0.5, 0.6) is 0 Å². The lowest BCUT2D eigenvalue weighted by atomic mass is 10.0. The number of carboxylic acids is 1. The Hall–Kier alpha value is -2.99. The first-order valence-corrected chi connectivity index (χ1v) is 7.80. The molecule has 2 rings (SSSR count). The second kappa shape index (κ2) is 8.21. The second-order valence-electron chi connectivity index (χ2n) is 5.83. The predicted molar refractivity (Wildman–Crippen MR) is 99.0 cm³/mol. The van der Waals surface area contributed by atoms with Crippen molar-refractivity contribution in [3.8, 4) is 0 Å². The number of anilines is 1. The number of nitrogens with two attached hydrogens (primary N) is 1. The van der Waals surface area contributed by atoms with Crippen molar-refractivity contribution in [1.82, 2.24) is 0 Å². The highest BCUT2D eigenvalue weighted by atomic mass is 16.4. The molecule has 0 heterocycles. The van der Waals surface area contributed by atoms with Gasteiger partial charge in [0.1, 0.15) is 6.04 Å².